The van der Waals surface area contributed by atoms with Gasteiger partial charge in [0.2, 0.25) is 0 Å². The maximum absolute atomic E-state index is 13.2. The van der Waals surface area contributed by atoms with Crippen molar-refractivity contribution in [2.45, 2.75) is 31.7 Å². The van der Waals surface area contributed by atoms with E-state index in [1.54, 1.807) is 13.0 Å². The highest BCUT2D eigenvalue weighted by Crippen LogP contribution is 2.31. The molecule has 1 aliphatic carbocycles. The number of rotatable bonds is 3. The number of amides is 1. The van der Waals surface area contributed by atoms with E-state index < -0.39 is 11.4 Å². The lowest BCUT2D eigenvalue weighted by Crippen LogP contribution is -2.56. The number of aliphatic hydroxyl groups excluding tert-OH is 1. The normalized spacial score (nSPS) is 17.4. The number of carbonyl (C=O) groups is 1. The molecular formula is C13H16FNO2. The van der Waals surface area contributed by atoms with E-state index in [4.69, 9.17) is 0 Å². The van der Waals surface area contributed by atoms with E-state index in [0.29, 0.717) is 11.1 Å². The predicted molar refractivity (Wildman–Crippen MR) is 62.3 cm³/mol. The summed E-state index contributed by atoms with van der Waals surface area (Å²) in [6.45, 7) is 1.68. The fourth-order valence-electron chi connectivity index (χ4n) is 2.11. The third kappa shape index (κ3) is 2.47. The fraction of sp³-hybridized carbons (Fsp3) is 0.462. The first-order valence-electron chi connectivity index (χ1n) is 5.75. The number of hydrogen-bond donors (Lipinski definition) is 2. The topological polar surface area (TPSA) is 49.3 Å². The largest absolute Gasteiger partial charge is 0.394 e. The van der Waals surface area contributed by atoms with Gasteiger partial charge in [-0.25, -0.2) is 4.39 Å². The first-order chi connectivity index (χ1) is 8.04. The molecule has 3 nitrogen and oxygen atoms in total. The van der Waals surface area contributed by atoms with Gasteiger partial charge in [0, 0.05) is 5.56 Å². The van der Waals surface area contributed by atoms with Crippen LogP contribution in [0, 0.1) is 12.7 Å². The van der Waals surface area contributed by atoms with Gasteiger partial charge in [0.15, 0.2) is 0 Å². The lowest BCUT2D eigenvalue weighted by Gasteiger charge is -2.40. The van der Waals surface area contributed by atoms with Gasteiger partial charge in [-0.3, -0.25) is 4.79 Å². The Morgan fingerprint density at radius 3 is 2.65 bits per heavy atom. The molecule has 1 amide bonds. The van der Waals surface area contributed by atoms with Crippen LogP contribution in [0.15, 0.2) is 18.2 Å². The Kier molecular flexibility index (Phi) is 3.15. The zero-order valence-corrected chi connectivity index (χ0v) is 9.79. The molecule has 0 atom stereocenters. The van der Waals surface area contributed by atoms with E-state index >= 15 is 0 Å². The van der Waals surface area contributed by atoms with Crippen LogP contribution in [0.2, 0.25) is 0 Å². The van der Waals surface area contributed by atoms with Gasteiger partial charge < -0.3 is 10.4 Å². The van der Waals surface area contributed by atoms with E-state index in [2.05, 4.69) is 5.32 Å². The Morgan fingerprint density at radius 1 is 1.47 bits per heavy atom. The highest BCUT2D eigenvalue weighted by molar-refractivity contribution is 5.95. The van der Waals surface area contributed by atoms with Crippen LogP contribution < -0.4 is 5.32 Å². The van der Waals surface area contributed by atoms with Crippen LogP contribution in [-0.2, 0) is 0 Å². The number of halogens is 1. The van der Waals surface area contributed by atoms with Crippen molar-refractivity contribution in [3.05, 3.63) is 35.1 Å². The van der Waals surface area contributed by atoms with Gasteiger partial charge in [-0.1, -0.05) is 0 Å². The molecule has 1 aromatic rings. The molecule has 92 valence electrons. The molecule has 1 aliphatic rings. The highest BCUT2D eigenvalue weighted by atomic mass is 19.1. The van der Waals surface area contributed by atoms with E-state index in [9.17, 15) is 14.3 Å². The van der Waals surface area contributed by atoms with E-state index in [0.717, 1.165) is 19.3 Å². The Hall–Kier alpha value is -1.42. The summed E-state index contributed by atoms with van der Waals surface area (Å²) in [7, 11) is 0. The number of nitrogens with one attached hydrogen (secondary N) is 1. The van der Waals surface area contributed by atoms with Crippen molar-refractivity contribution in [2.24, 2.45) is 0 Å². The minimum absolute atomic E-state index is 0.0625. The van der Waals surface area contributed by atoms with Gasteiger partial charge in [0.1, 0.15) is 5.82 Å². The molecule has 2 N–H and O–H groups in total. The molecule has 1 saturated carbocycles. The lowest BCUT2D eigenvalue weighted by molar-refractivity contribution is 0.0641. The van der Waals surface area contributed by atoms with Gasteiger partial charge >= 0.3 is 0 Å². The van der Waals surface area contributed by atoms with Gasteiger partial charge in [-0.05, 0) is 49.9 Å². The third-order valence-electron chi connectivity index (χ3n) is 3.30. The average molecular weight is 237 g/mol. The molecule has 0 aromatic heterocycles. The van der Waals surface area contributed by atoms with Crippen LogP contribution in [-0.4, -0.2) is 23.2 Å². The van der Waals surface area contributed by atoms with Crippen molar-refractivity contribution in [1.82, 2.24) is 5.32 Å². The van der Waals surface area contributed by atoms with Gasteiger partial charge in [0.25, 0.3) is 5.91 Å². The predicted octanol–water partition coefficient (Wildman–Crippen LogP) is 1.78. The van der Waals surface area contributed by atoms with Crippen LogP contribution in [0.1, 0.15) is 35.2 Å². The molecule has 0 radical (unpaired) electrons. The summed E-state index contributed by atoms with van der Waals surface area (Å²) in [5, 5.41) is 12.0. The third-order valence-corrected chi connectivity index (χ3v) is 3.30. The van der Waals surface area contributed by atoms with Crippen LogP contribution >= 0.6 is 0 Å². The van der Waals surface area contributed by atoms with Crippen molar-refractivity contribution in [1.29, 1.82) is 0 Å². The van der Waals surface area contributed by atoms with Gasteiger partial charge in [-0.15, -0.1) is 0 Å². The second-order valence-corrected chi connectivity index (χ2v) is 4.76. The molecule has 0 unspecified atom stereocenters. The second-order valence-electron chi connectivity index (χ2n) is 4.76. The summed E-state index contributed by atoms with van der Waals surface area (Å²) in [5.74, 6) is -0.733. The SMILES string of the molecule is Cc1cc(F)cc(C(=O)NC2(CO)CCC2)c1. The maximum Gasteiger partial charge on any atom is 0.251 e. The number of benzene rings is 1. The van der Waals surface area contributed by atoms with E-state index in [1.165, 1.54) is 12.1 Å². The quantitative estimate of drug-likeness (QED) is 0.841. The molecule has 0 heterocycles. The Bertz CT molecular complexity index is 415. The number of hydrogen-bond acceptors (Lipinski definition) is 2. The minimum atomic E-state index is -0.489. The molecule has 2 rings (SSSR count). The van der Waals surface area contributed by atoms with Crippen LogP contribution in [0.4, 0.5) is 4.39 Å². The smallest absolute Gasteiger partial charge is 0.251 e. The molecule has 17 heavy (non-hydrogen) atoms. The van der Waals surface area contributed by atoms with Crippen molar-refractivity contribution in [3.8, 4) is 0 Å². The van der Waals surface area contributed by atoms with Crippen molar-refractivity contribution in [2.75, 3.05) is 6.61 Å². The zero-order chi connectivity index (χ0) is 12.5. The zero-order valence-electron chi connectivity index (χ0n) is 9.79. The van der Waals surface area contributed by atoms with Crippen molar-refractivity contribution < 1.29 is 14.3 Å². The monoisotopic (exact) mass is 237 g/mol. The lowest BCUT2D eigenvalue weighted by atomic mass is 9.77. The van der Waals surface area contributed by atoms with E-state index in [1.807, 2.05) is 0 Å². The standard InChI is InChI=1S/C13H16FNO2/c1-9-5-10(7-11(14)6-9)12(17)15-13(8-16)3-2-4-13/h5-7,16H,2-4,8H2,1H3,(H,15,17). The Balaban J connectivity index is 2.14. The average Bonchev–Trinajstić information content (AvgIpc) is 2.21. The second kappa shape index (κ2) is 4.45. The molecule has 0 saturated heterocycles. The molecular weight excluding hydrogens is 221 g/mol. The van der Waals surface area contributed by atoms with Crippen molar-refractivity contribution >= 4 is 5.91 Å². The first kappa shape index (κ1) is 12.0. The minimum Gasteiger partial charge on any atom is -0.394 e. The molecule has 4 heteroatoms. The van der Waals surface area contributed by atoms with E-state index in [-0.39, 0.29) is 12.5 Å². The highest BCUT2D eigenvalue weighted by Gasteiger charge is 2.37. The summed E-state index contributed by atoms with van der Waals surface area (Å²) < 4.78 is 13.2. The fourth-order valence-corrected chi connectivity index (χ4v) is 2.11. The van der Waals surface area contributed by atoms with Gasteiger partial charge in [-0.2, -0.15) is 0 Å². The summed E-state index contributed by atoms with van der Waals surface area (Å²) in [5.41, 5.74) is 0.529. The maximum atomic E-state index is 13.2. The first-order valence-corrected chi connectivity index (χ1v) is 5.75. The van der Waals surface area contributed by atoms with Crippen LogP contribution in [0.25, 0.3) is 0 Å². The number of aryl methyl sites for hydroxylation is 1. The van der Waals surface area contributed by atoms with Gasteiger partial charge in [0.05, 0.1) is 12.1 Å². The number of carbonyl (C=O) groups excluding carboxylic acids is 1. The number of aliphatic hydroxyl groups is 1. The van der Waals surface area contributed by atoms with Crippen LogP contribution in [0.3, 0.4) is 0 Å². The Morgan fingerprint density at radius 2 is 2.18 bits per heavy atom. The van der Waals surface area contributed by atoms with Crippen molar-refractivity contribution in [3.63, 3.8) is 0 Å². The summed E-state index contributed by atoms with van der Waals surface area (Å²) in [6.07, 6.45) is 2.57. The summed E-state index contributed by atoms with van der Waals surface area (Å²) >= 11 is 0. The van der Waals surface area contributed by atoms with Crippen LogP contribution in [0.5, 0.6) is 0 Å². The summed E-state index contributed by atoms with van der Waals surface area (Å²) in [6, 6.07) is 4.23. The molecule has 0 spiro atoms. The molecule has 1 aromatic carbocycles. The Labute approximate surface area is 99.7 Å². The molecule has 0 bridgehead atoms. The molecule has 0 aliphatic heterocycles. The summed E-state index contributed by atoms with van der Waals surface area (Å²) in [4.78, 5) is 11.9. The molecule has 1 fully saturated rings.